The van der Waals surface area contributed by atoms with E-state index in [2.05, 4.69) is 12.2 Å². The third-order valence-corrected chi connectivity index (χ3v) is 3.19. The van der Waals surface area contributed by atoms with Crippen LogP contribution in [0.15, 0.2) is 0 Å². The van der Waals surface area contributed by atoms with Crippen molar-refractivity contribution in [1.29, 1.82) is 0 Å². The van der Waals surface area contributed by atoms with Crippen LogP contribution >= 0.6 is 0 Å². The average Bonchev–Trinajstić information content (AvgIpc) is 2.18. The van der Waals surface area contributed by atoms with Gasteiger partial charge in [-0.1, -0.05) is 13.3 Å². The summed E-state index contributed by atoms with van der Waals surface area (Å²) in [5.41, 5.74) is 0. The molecule has 2 unspecified atom stereocenters. The largest absolute Gasteiger partial charge is 0.302 e. The highest BCUT2D eigenvalue weighted by molar-refractivity contribution is 7.85. The Morgan fingerprint density at radius 1 is 1.78 bits per heavy atom. The summed E-state index contributed by atoms with van der Waals surface area (Å²) in [4.78, 5) is 0. The van der Waals surface area contributed by atoms with E-state index in [1.807, 2.05) is 0 Å². The summed E-state index contributed by atoms with van der Waals surface area (Å²) >= 11 is 0. The molecule has 1 fully saturated rings. The van der Waals surface area contributed by atoms with E-state index in [9.17, 15) is 4.21 Å². The molecule has 1 aliphatic rings. The van der Waals surface area contributed by atoms with Crippen molar-refractivity contribution in [2.24, 2.45) is 0 Å². The Morgan fingerprint density at radius 2 is 2.56 bits per heavy atom. The molecule has 9 heavy (non-hydrogen) atoms. The molecule has 2 atom stereocenters. The molecule has 0 aromatic heterocycles. The van der Waals surface area contributed by atoms with Crippen LogP contribution < -0.4 is 5.32 Å². The van der Waals surface area contributed by atoms with Crippen molar-refractivity contribution in [3.05, 3.63) is 0 Å². The molecule has 3 heteroatoms. The molecule has 0 saturated carbocycles. The molecule has 0 amide bonds. The van der Waals surface area contributed by atoms with Gasteiger partial charge in [0.2, 0.25) is 0 Å². The summed E-state index contributed by atoms with van der Waals surface area (Å²) in [6, 6.07) is 0. The van der Waals surface area contributed by atoms with E-state index in [-0.39, 0.29) is 0 Å². The number of hydrogen-bond donors (Lipinski definition) is 1. The van der Waals surface area contributed by atoms with E-state index >= 15 is 0 Å². The molecule has 1 N–H and O–H groups in total. The normalized spacial score (nSPS) is 35.2. The topological polar surface area (TPSA) is 29.1 Å². The van der Waals surface area contributed by atoms with Crippen molar-refractivity contribution in [1.82, 2.24) is 5.32 Å². The predicted molar refractivity (Wildman–Crippen MR) is 39.7 cm³/mol. The smallest absolute Gasteiger partial charge is 0.0835 e. The van der Waals surface area contributed by atoms with Crippen LogP contribution in [0.3, 0.4) is 0 Å². The number of hydrogen-bond acceptors (Lipinski definition) is 2. The van der Waals surface area contributed by atoms with Gasteiger partial charge in [0.1, 0.15) is 0 Å². The second-order valence-electron chi connectivity index (χ2n) is 2.32. The summed E-state index contributed by atoms with van der Waals surface area (Å²) in [6.07, 6.45) is 2.19. The zero-order chi connectivity index (χ0) is 6.69. The Balaban J connectivity index is 2.31. The summed E-state index contributed by atoms with van der Waals surface area (Å²) in [5.74, 6) is 0.852. The van der Waals surface area contributed by atoms with E-state index in [1.165, 1.54) is 0 Å². The summed E-state index contributed by atoms with van der Waals surface area (Å²) in [5, 5.41) is 3.51. The molecular formula is C6H13NOS. The summed E-state index contributed by atoms with van der Waals surface area (Å²) in [6.45, 7) is 3.06. The lowest BCUT2D eigenvalue weighted by atomic mass is 10.3. The zero-order valence-corrected chi connectivity index (χ0v) is 6.54. The molecule has 1 saturated heterocycles. The van der Waals surface area contributed by atoms with Crippen molar-refractivity contribution in [2.75, 3.05) is 12.3 Å². The Bertz CT molecular complexity index is 116. The minimum atomic E-state index is -0.572. The number of rotatable bonds is 2. The van der Waals surface area contributed by atoms with Crippen LogP contribution in [0.25, 0.3) is 0 Å². The van der Waals surface area contributed by atoms with Crippen LogP contribution in [-0.2, 0) is 10.8 Å². The first-order valence-corrected chi connectivity index (χ1v) is 4.83. The molecule has 2 nitrogen and oxygen atoms in total. The monoisotopic (exact) mass is 147 g/mol. The second-order valence-corrected chi connectivity index (χ2v) is 4.06. The van der Waals surface area contributed by atoms with Gasteiger partial charge in [0.25, 0.3) is 0 Å². The quantitative estimate of drug-likeness (QED) is 0.615. The van der Waals surface area contributed by atoms with Gasteiger partial charge in [-0.15, -0.1) is 0 Å². The first kappa shape index (κ1) is 7.22. The molecule has 0 aromatic rings. The van der Waals surface area contributed by atoms with Crippen molar-refractivity contribution in [2.45, 2.75) is 25.1 Å². The van der Waals surface area contributed by atoms with E-state index in [1.54, 1.807) is 0 Å². The van der Waals surface area contributed by atoms with Crippen LogP contribution in [0.4, 0.5) is 0 Å². The van der Waals surface area contributed by atoms with Crippen LogP contribution in [0.2, 0.25) is 0 Å². The van der Waals surface area contributed by atoms with Crippen LogP contribution in [0.5, 0.6) is 0 Å². The van der Waals surface area contributed by atoms with Gasteiger partial charge in [-0.05, 0) is 6.42 Å². The lowest BCUT2D eigenvalue weighted by Crippen LogP contribution is -2.23. The van der Waals surface area contributed by atoms with E-state index in [4.69, 9.17) is 0 Å². The lowest BCUT2D eigenvalue weighted by molar-refractivity contribution is 0.624. The van der Waals surface area contributed by atoms with Gasteiger partial charge in [-0.25, -0.2) is 0 Å². The highest BCUT2D eigenvalue weighted by Gasteiger charge is 2.20. The molecule has 0 bridgehead atoms. The van der Waals surface area contributed by atoms with E-state index in [0.717, 1.165) is 25.1 Å². The van der Waals surface area contributed by atoms with Gasteiger partial charge < -0.3 is 5.32 Å². The SMILES string of the molecule is CCCC1NCCS1=O. The summed E-state index contributed by atoms with van der Waals surface area (Å²) < 4.78 is 11.0. The minimum Gasteiger partial charge on any atom is -0.302 e. The molecule has 1 rings (SSSR count). The minimum absolute atomic E-state index is 0.301. The molecular weight excluding hydrogens is 134 g/mol. The highest BCUT2D eigenvalue weighted by atomic mass is 32.2. The van der Waals surface area contributed by atoms with Gasteiger partial charge in [-0.2, -0.15) is 0 Å². The van der Waals surface area contributed by atoms with Crippen LogP contribution in [-0.4, -0.2) is 21.9 Å². The van der Waals surface area contributed by atoms with Crippen molar-refractivity contribution >= 4 is 10.8 Å². The predicted octanol–water partition coefficient (Wildman–Crippen LogP) is 0.465. The fourth-order valence-electron chi connectivity index (χ4n) is 1.05. The molecule has 0 aromatic carbocycles. The Kier molecular flexibility index (Phi) is 2.66. The molecule has 54 valence electrons. The Morgan fingerprint density at radius 3 is 3.00 bits per heavy atom. The fraction of sp³-hybridized carbons (Fsp3) is 1.00. The third-order valence-electron chi connectivity index (χ3n) is 1.54. The van der Waals surface area contributed by atoms with Gasteiger partial charge >= 0.3 is 0 Å². The number of nitrogens with one attached hydrogen (secondary N) is 1. The van der Waals surface area contributed by atoms with Gasteiger partial charge in [0, 0.05) is 23.1 Å². The maximum Gasteiger partial charge on any atom is 0.0835 e. The van der Waals surface area contributed by atoms with Crippen LogP contribution in [0.1, 0.15) is 19.8 Å². The third kappa shape index (κ3) is 1.76. The van der Waals surface area contributed by atoms with Gasteiger partial charge in [-0.3, -0.25) is 4.21 Å². The molecule has 0 spiro atoms. The van der Waals surface area contributed by atoms with Crippen molar-refractivity contribution < 1.29 is 4.21 Å². The average molecular weight is 147 g/mol. The summed E-state index contributed by atoms with van der Waals surface area (Å²) in [7, 11) is -0.572. The van der Waals surface area contributed by atoms with Crippen molar-refractivity contribution in [3.63, 3.8) is 0 Å². The first-order chi connectivity index (χ1) is 4.34. The van der Waals surface area contributed by atoms with Crippen molar-refractivity contribution in [3.8, 4) is 0 Å². The van der Waals surface area contributed by atoms with Gasteiger partial charge in [0.05, 0.1) is 5.37 Å². The van der Waals surface area contributed by atoms with E-state index < -0.39 is 10.8 Å². The first-order valence-electron chi connectivity index (χ1n) is 3.45. The highest BCUT2D eigenvalue weighted by Crippen LogP contribution is 2.06. The van der Waals surface area contributed by atoms with E-state index in [0.29, 0.717) is 5.37 Å². The second kappa shape index (κ2) is 3.32. The Hall–Kier alpha value is 0.110. The molecule has 0 radical (unpaired) electrons. The molecule has 1 heterocycles. The standard InChI is InChI=1S/C6H13NOS/c1-2-3-6-7-4-5-9(6)8/h6-7H,2-5H2,1H3. The fourth-order valence-corrected chi connectivity index (χ4v) is 2.46. The van der Waals surface area contributed by atoms with Crippen LogP contribution in [0, 0.1) is 0 Å². The molecule has 0 aliphatic carbocycles. The zero-order valence-electron chi connectivity index (χ0n) is 5.72. The maximum absolute atomic E-state index is 11.0. The Labute approximate surface area is 58.5 Å². The van der Waals surface area contributed by atoms with Gasteiger partial charge in [0.15, 0.2) is 0 Å². The lowest BCUT2D eigenvalue weighted by Gasteiger charge is -2.04. The molecule has 1 aliphatic heterocycles. The maximum atomic E-state index is 11.0.